The van der Waals surface area contributed by atoms with E-state index in [1.165, 1.54) is 6.20 Å². The number of hydrogen-bond donors (Lipinski definition) is 1. The first-order valence-electron chi connectivity index (χ1n) is 9.78. The average molecular weight is 455 g/mol. The highest BCUT2D eigenvalue weighted by Crippen LogP contribution is 2.26. The van der Waals surface area contributed by atoms with E-state index in [0.717, 1.165) is 22.2 Å². The summed E-state index contributed by atoms with van der Waals surface area (Å²) in [4.78, 5) is 41.2. The zero-order chi connectivity index (χ0) is 22.7. The maximum Gasteiger partial charge on any atom is 0.288 e. The smallest absolute Gasteiger partial charge is 0.288 e. The molecule has 1 aliphatic heterocycles. The molecule has 11 heteroatoms. The Bertz CT molecular complexity index is 1180. The average Bonchev–Trinajstić information content (AvgIpc) is 3.36. The number of fused-ring (bicyclic) bond motifs is 1. The first-order valence-corrected chi connectivity index (χ1v) is 10.8. The van der Waals surface area contributed by atoms with Gasteiger partial charge in [-0.25, -0.2) is 9.67 Å². The Hall–Kier alpha value is -3.60. The molecule has 0 spiro atoms. The fraction of sp³-hybridized carbons (Fsp3) is 0.286. The summed E-state index contributed by atoms with van der Waals surface area (Å²) in [6.45, 7) is 0.754. The van der Waals surface area contributed by atoms with Crippen molar-refractivity contribution in [2.45, 2.75) is 6.54 Å². The summed E-state index contributed by atoms with van der Waals surface area (Å²) in [7, 11) is 3.19. The van der Waals surface area contributed by atoms with E-state index < -0.39 is 0 Å². The van der Waals surface area contributed by atoms with E-state index in [1.54, 1.807) is 37.2 Å². The van der Waals surface area contributed by atoms with Crippen LogP contribution < -0.4 is 14.8 Å². The van der Waals surface area contributed by atoms with Gasteiger partial charge in [0, 0.05) is 36.3 Å². The number of pyridine rings is 1. The first-order chi connectivity index (χ1) is 15.5. The van der Waals surface area contributed by atoms with Crippen LogP contribution in [-0.4, -0.2) is 69.8 Å². The summed E-state index contributed by atoms with van der Waals surface area (Å²) < 4.78 is 12.4. The summed E-state index contributed by atoms with van der Waals surface area (Å²) in [5, 5.41) is 7.54. The van der Waals surface area contributed by atoms with Crippen molar-refractivity contribution in [3.8, 4) is 11.5 Å². The number of ether oxygens (including phenoxy) is 2. The molecule has 1 saturated heterocycles. The molecule has 10 nitrogen and oxygen atoms in total. The summed E-state index contributed by atoms with van der Waals surface area (Å²) >= 11 is 0.968. The van der Waals surface area contributed by atoms with Gasteiger partial charge in [-0.1, -0.05) is 11.8 Å². The summed E-state index contributed by atoms with van der Waals surface area (Å²) in [6.07, 6.45) is 3.12. The minimum absolute atomic E-state index is 0.147. The highest BCUT2D eigenvalue weighted by molar-refractivity contribution is 8.14. The van der Waals surface area contributed by atoms with E-state index in [9.17, 15) is 14.4 Å². The van der Waals surface area contributed by atoms with Gasteiger partial charge in [0.05, 0.1) is 38.3 Å². The van der Waals surface area contributed by atoms with Gasteiger partial charge in [0.1, 0.15) is 11.5 Å². The lowest BCUT2D eigenvalue weighted by Crippen LogP contribution is -2.37. The van der Waals surface area contributed by atoms with Crippen LogP contribution in [0.3, 0.4) is 0 Å². The minimum Gasteiger partial charge on any atom is -0.497 e. The molecule has 3 heterocycles. The van der Waals surface area contributed by atoms with Crippen LogP contribution in [0.2, 0.25) is 0 Å². The Morgan fingerprint density at radius 2 is 2.03 bits per heavy atom. The fourth-order valence-electron chi connectivity index (χ4n) is 3.34. The standard InChI is InChI=1S/C21H21N5O5S/c1-30-16-4-3-13(17(8-16)31-2)11-26-19-14(10-24-26)7-15(9-23-19)20(28)22-5-6-25-18(27)12-32-21(25)29/h3-4,7-10H,5-6,11-12H2,1-2H3,(H,22,28). The van der Waals surface area contributed by atoms with Gasteiger partial charge in [0.2, 0.25) is 5.91 Å². The van der Waals surface area contributed by atoms with Gasteiger partial charge in [-0.3, -0.25) is 19.3 Å². The van der Waals surface area contributed by atoms with E-state index in [2.05, 4.69) is 15.4 Å². The predicted molar refractivity (Wildman–Crippen MR) is 118 cm³/mol. The second-order valence-corrected chi connectivity index (χ2v) is 7.90. The van der Waals surface area contributed by atoms with Crippen LogP contribution in [0.5, 0.6) is 11.5 Å². The SMILES string of the molecule is COc1ccc(Cn2ncc3cc(C(=O)NCCN4C(=O)CSC4=O)cnc32)c(OC)c1. The van der Waals surface area contributed by atoms with Crippen LogP contribution in [0.4, 0.5) is 4.79 Å². The Morgan fingerprint density at radius 1 is 1.19 bits per heavy atom. The van der Waals surface area contributed by atoms with Crippen LogP contribution in [-0.2, 0) is 11.3 Å². The molecule has 0 unspecified atom stereocenters. The lowest BCUT2D eigenvalue weighted by molar-refractivity contribution is -0.124. The number of carbonyl (C=O) groups is 3. The van der Waals surface area contributed by atoms with Crippen molar-refractivity contribution in [2.24, 2.45) is 0 Å². The first kappa shape index (κ1) is 21.6. The Kier molecular flexibility index (Phi) is 6.26. The van der Waals surface area contributed by atoms with Crippen molar-refractivity contribution in [3.05, 3.63) is 47.8 Å². The Morgan fingerprint density at radius 3 is 2.75 bits per heavy atom. The third-order valence-electron chi connectivity index (χ3n) is 5.01. The molecule has 0 saturated carbocycles. The number of rotatable bonds is 8. The van der Waals surface area contributed by atoms with Gasteiger partial charge >= 0.3 is 0 Å². The van der Waals surface area contributed by atoms with Gasteiger partial charge in [0.25, 0.3) is 11.1 Å². The van der Waals surface area contributed by atoms with E-state index in [1.807, 2.05) is 12.1 Å². The highest BCUT2D eigenvalue weighted by atomic mass is 32.2. The van der Waals surface area contributed by atoms with E-state index >= 15 is 0 Å². The van der Waals surface area contributed by atoms with Crippen molar-refractivity contribution < 1.29 is 23.9 Å². The van der Waals surface area contributed by atoms with Gasteiger partial charge in [-0.05, 0) is 18.2 Å². The quantitative estimate of drug-likeness (QED) is 0.548. The molecule has 0 radical (unpaired) electrons. The number of amides is 3. The Balaban J connectivity index is 1.44. The van der Waals surface area contributed by atoms with Crippen molar-refractivity contribution in [3.63, 3.8) is 0 Å². The number of nitrogens with one attached hydrogen (secondary N) is 1. The number of nitrogens with zero attached hydrogens (tertiary/aromatic N) is 4. The van der Waals surface area contributed by atoms with Gasteiger partial charge in [-0.15, -0.1) is 0 Å². The number of hydrogen-bond acceptors (Lipinski definition) is 8. The van der Waals surface area contributed by atoms with E-state index in [4.69, 9.17) is 9.47 Å². The molecule has 166 valence electrons. The topological polar surface area (TPSA) is 116 Å². The third-order valence-corrected chi connectivity index (χ3v) is 5.87. The lowest BCUT2D eigenvalue weighted by atomic mass is 10.2. The number of methoxy groups -OCH3 is 2. The molecule has 1 fully saturated rings. The molecule has 1 N–H and O–H groups in total. The molecule has 4 rings (SSSR count). The molecule has 2 aromatic heterocycles. The zero-order valence-corrected chi connectivity index (χ0v) is 18.3. The number of aromatic nitrogens is 3. The van der Waals surface area contributed by atoms with E-state index in [0.29, 0.717) is 34.6 Å². The zero-order valence-electron chi connectivity index (χ0n) is 17.5. The maximum absolute atomic E-state index is 12.5. The summed E-state index contributed by atoms with van der Waals surface area (Å²) in [5.74, 6) is 0.952. The Labute approximate surface area is 187 Å². The van der Waals surface area contributed by atoms with Gasteiger partial charge < -0.3 is 14.8 Å². The molecule has 3 amide bonds. The largest absolute Gasteiger partial charge is 0.497 e. The van der Waals surface area contributed by atoms with Crippen molar-refractivity contribution in [1.29, 1.82) is 0 Å². The number of thioether (sulfide) groups is 1. The van der Waals surface area contributed by atoms with Gasteiger partial charge in [0.15, 0.2) is 5.65 Å². The number of carbonyl (C=O) groups excluding carboxylic acids is 3. The van der Waals surface area contributed by atoms with Crippen LogP contribution >= 0.6 is 11.8 Å². The van der Waals surface area contributed by atoms with Crippen molar-refractivity contribution in [2.75, 3.05) is 33.1 Å². The van der Waals surface area contributed by atoms with Crippen molar-refractivity contribution >= 4 is 39.8 Å². The fourth-order valence-corrected chi connectivity index (χ4v) is 4.09. The van der Waals surface area contributed by atoms with E-state index in [-0.39, 0.29) is 35.9 Å². The number of imide groups is 1. The molecular weight excluding hydrogens is 434 g/mol. The molecular formula is C21H21N5O5S. The summed E-state index contributed by atoms with van der Waals surface area (Å²) in [5.41, 5.74) is 1.91. The molecule has 1 aromatic carbocycles. The van der Waals surface area contributed by atoms with Crippen LogP contribution in [0, 0.1) is 0 Å². The monoisotopic (exact) mass is 455 g/mol. The molecule has 3 aromatic rings. The molecule has 0 bridgehead atoms. The van der Waals surface area contributed by atoms with Crippen LogP contribution in [0.1, 0.15) is 15.9 Å². The second-order valence-electron chi connectivity index (χ2n) is 6.97. The molecule has 0 aliphatic carbocycles. The molecule has 0 atom stereocenters. The minimum atomic E-state index is -0.337. The molecule has 1 aliphatic rings. The number of benzene rings is 1. The van der Waals surface area contributed by atoms with Crippen molar-refractivity contribution in [1.82, 2.24) is 25.0 Å². The lowest BCUT2D eigenvalue weighted by Gasteiger charge is -2.13. The summed E-state index contributed by atoms with van der Waals surface area (Å²) in [6, 6.07) is 7.26. The normalized spacial score (nSPS) is 13.6. The second kappa shape index (κ2) is 9.27. The third kappa shape index (κ3) is 4.37. The van der Waals surface area contributed by atoms with Crippen LogP contribution in [0.25, 0.3) is 11.0 Å². The maximum atomic E-state index is 12.5. The molecule has 32 heavy (non-hydrogen) atoms. The van der Waals surface area contributed by atoms with Gasteiger partial charge in [-0.2, -0.15) is 5.10 Å². The highest BCUT2D eigenvalue weighted by Gasteiger charge is 2.29. The predicted octanol–water partition coefficient (Wildman–Crippen LogP) is 1.92. The van der Waals surface area contributed by atoms with Crippen LogP contribution in [0.15, 0.2) is 36.7 Å².